The maximum atomic E-state index is 11.9. The van der Waals surface area contributed by atoms with Crippen LogP contribution in [0.4, 0.5) is 0 Å². The molecule has 0 bridgehead atoms. The van der Waals surface area contributed by atoms with E-state index >= 15 is 0 Å². The molecule has 1 amide bonds. The van der Waals surface area contributed by atoms with Crippen molar-refractivity contribution in [1.29, 1.82) is 0 Å². The molecule has 0 aliphatic rings. The van der Waals surface area contributed by atoms with Crippen molar-refractivity contribution in [2.45, 2.75) is 142 Å². The molecule has 0 aromatic heterocycles. The highest BCUT2D eigenvalue weighted by Crippen LogP contribution is 2.42. The highest BCUT2D eigenvalue weighted by atomic mass is 31.2. The molecular weight excluding hydrogens is 557 g/mol. The fraction of sp³-hybridized carbons (Fsp3) is 0.812. The lowest BCUT2D eigenvalue weighted by molar-refractivity contribution is -0.146. The van der Waals surface area contributed by atoms with Gasteiger partial charge in [-0.25, -0.2) is 4.57 Å². The van der Waals surface area contributed by atoms with Gasteiger partial charge in [0.05, 0.1) is 13.2 Å². The summed E-state index contributed by atoms with van der Waals surface area (Å²) < 4.78 is 26.0. The van der Waals surface area contributed by atoms with Crippen LogP contribution in [0.25, 0.3) is 0 Å². The van der Waals surface area contributed by atoms with Crippen LogP contribution in [0.3, 0.4) is 0 Å². The van der Waals surface area contributed by atoms with E-state index in [2.05, 4.69) is 41.1 Å². The van der Waals surface area contributed by atoms with Crippen molar-refractivity contribution in [3.63, 3.8) is 0 Å². The Morgan fingerprint density at radius 3 is 1.88 bits per heavy atom. The zero-order valence-corrected chi connectivity index (χ0v) is 27.3. The molecule has 2 atom stereocenters. The number of ether oxygens (including phenoxy) is 1. The number of rotatable bonds is 30. The van der Waals surface area contributed by atoms with Gasteiger partial charge >= 0.3 is 13.8 Å². The highest BCUT2D eigenvalue weighted by molar-refractivity contribution is 7.47. The SMILES string of the molecule is CCCCC/C=C\C/C=C\CCCCCCCCCCCCCC(=O)NCCOP(=O)(O)OCC(O)COC(=O)CC. The lowest BCUT2D eigenvalue weighted by Crippen LogP contribution is -2.27. The van der Waals surface area contributed by atoms with Crippen LogP contribution in [-0.2, 0) is 27.9 Å². The van der Waals surface area contributed by atoms with Gasteiger partial charge in [0.25, 0.3) is 0 Å². The van der Waals surface area contributed by atoms with Gasteiger partial charge in [-0.3, -0.25) is 18.6 Å². The zero-order valence-electron chi connectivity index (χ0n) is 26.4. The summed E-state index contributed by atoms with van der Waals surface area (Å²) in [5.74, 6) is -0.610. The van der Waals surface area contributed by atoms with Gasteiger partial charge in [0.1, 0.15) is 12.7 Å². The van der Waals surface area contributed by atoms with E-state index in [9.17, 15) is 24.2 Å². The molecule has 0 aromatic carbocycles. The normalized spacial score (nSPS) is 13.9. The van der Waals surface area contributed by atoms with Crippen LogP contribution in [0.5, 0.6) is 0 Å². The molecule has 0 rings (SSSR count). The number of nitrogens with one attached hydrogen (secondary N) is 1. The lowest BCUT2D eigenvalue weighted by atomic mass is 10.0. The Balaban J connectivity index is 3.47. The van der Waals surface area contributed by atoms with Crippen LogP contribution in [0.1, 0.15) is 136 Å². The van der Waals surface area contributed by atoms with Gasteiger partial charge in [-0.15, -0.1) is 0 Å². The molecular formula is C32H60NO8P. The number of aliphatic hydroxyl groups excluding tert-OH is 1. The molecule has 0 radical (unpaired) electrons. The standard InChI is InChI=1S/C32H60NO8P/c1-3-5-6-7-8-9-10-11-12-13-14-15-16-17-18-19-20-21-22-23-24-25-31(35)33-26-27-40-42(37,38)41-29-30(34)28-39-32(36)4-2/h8-9,11-12,30,34H,3-7,10,13-29H2,1-2H3,(H,33,35)(H,37,38)/b9-8-,12-11-. The van der Waals surface area contributed by atoms with Gasteiger partial charge in [0.15, 0.2) is 0 Å². The first-order chi connectivity index (χ1) is 20.3. The average Bonchev–Trinajstić information content (AvgIpc) is 2.97. The molecule has 0 aliphatic heterocycles. The minimum Gasteiger partial charge on any atom is -0.463 e. The number of allylic oxidation sites excluding steroid dienone is 4. The molecule has 10 heteroatoms. The Hall–Kier alpha value is -1.51. The van der Waals surface area contributed by atoms with E-state index in [1.165, 1.54) is 83.5 Å². The first kappa shape index (κ1) is 40.5. The lowest BCUT2D eigenvalue weighted by Gasteiger charge is -2.15. The van der Waals surface area contributed by atoms with Crippen LogP contribution in [0.2, 0.25) is 0 Å². The van der Waals surface area contributed by atoms with Crippen molar-refractivity contribution in [2.75, 3.05) is 26.4 Å². The van der Waals surface area contributed by atoms with Crippen molar-refractivity contribution < 1.29 is 37.9 Å². The molecule has 0 heterocycles. The maximum absolute atomic E-state index is 11.9. The van der Waals surface area contributed by atoms with Crippen molar-refractivity contribution in [2.24, 2.45) is 0 Å². The Labute approximate surface area is 255 Å². The topological polar surface area (TPSA) is 131 Å². The number of phosphoric ester groups is 1. The fourth-order valence-corrected chi connectivity index (χ4v) is 4.91. The Bertz CT molecular complexity index is 759. The number of phosphoric acid groups is 1. The number of aliphatic hydroxyl groups is 1. The third kappa shape index (κ3) is 30.0. The summed E-state index contributed by atoms with van der Waals surface area (Å²) in [7, 11) is -4.38. The molecule has 42 heavy (non-hydrogen) atoms. The largest absolute Gasteiger partial charge is 0.472 e. The van der Waals surface area contributed by atoms with E-state index in [1.807, 2.05) is 0 Å². The predicted octanol–water partition coefficient (Wildman–Crippen LogP) is 7.70. The second-order valence-electron chi connectivity index (χ2n) is 10.7. The molecule has 2 unspecified atom stereocenters. The van der Waals surface area contributed by atoms with E-state index in [0.717, 1.165) is 25.7 Å². The van der Waals surface area contributed by atoms with E-state index in [4.69, 9.17) is 9.26 Å². The summed E-state index contributed by atoms with van der Waals surface area (Å²) in [4.78, 5) is 32.6. The number of hydrogen-bond donors (Lipinski definition) is 3. The summed E-state index contributed by atoms with van der Waals surface area (Å²) in [6.07, 6.45) is 29.3. The second kappa shape index (κ2) is 29.6. The van der Waals surface area contributed by atoms with Crippen LogP contribution < -0.4 is 5.32 Å². The van der Waals surface area contributed by atoms with Crippen molar-refractivity contribution in [3.8, 4) is 0 Å². The molecule has 0 aliphatic carbocycles. The molecule has 9 nitrogen and oxygen atoms in total. The summed E-state index contributed by atoms with van der Waals surface area (Å²) in [6.45, 7) is 2.88. The predicted molar refractivity (Wildman–Crippen MR) is 169 cm³/mol. The first-order valence-corrected chi connectivity index (χ1v) is 17.8. The third-order valence-corrected chi connectivity index (χ3v) is 7.67. The van der Waals surface area contributed by atoms with E-state index in [1.54, 1.807) is 6.92 Å². The quantitative estimate of drug-likeness (QED) is 0.0323. The number of carbonyl (C=O) groups is 2. The Kier molecular flexibility index (Phi) is 28.5. The van der Waals surface area contributed by atoms with Gasteiger partial charge in [0.2, 0.25) is 5.91 Å². The Morgan fingerprint density at radius 2 is 1.31 bits per heavy atom. The van der Waals surface area contributed by atoms with Gasteiger partial charge in [0, 0.05) is 19.4 Å². The van der Waals surface area contributed by atoms with Gasteiger partial charge < -0.3 is 20.1 Å². The summed E-state index contributed by atoms with van der Waals surface area (Å²) in [6, 6.07) is 0. The highest BCUT2D eigenvalue weighted by Gasteiger charge is 2.23. The molecule has 246 valence electrons. The minimum atomic E-state index is -4.38. The molecule has 0 aromatic rings. The molecule has 0 spiro atoms. The van der Waals surface area contributed by atoms with Crippen molar-refractivity contribution >= 4 is 19.7 Å². The first-order valence-electron chi connectivity index (χ1n) is 16.3. The monoisotopic (exact) mass is 617 g/mol. The van der Waals surface area contributed by atoms with E-state index < -0.39 is 26.5 Å². The molecule has 0 saturated carbocycles. The third-order valence-electron chi connectivity index (χ3n) is 6.69. The molecule has 0 fully saturated rings. The minimum absolute atomic E-state index is 0.0803. The number of esters is 1. The van der Waals surface area contributed by atoms with Crippen LogP contribution >= 0.6 is 7.82 Å². The van der Waals surface area contributed by atoms with Crippen LogP contribution in [-0.4, -0.2) is 54.3 Å². The fourth-order valence-electron chi connectivity index (χ4n) is 4.15. The number of carbonyl (C=O) groups excluding carboxylic acids is 2. The Morgan fingerprint density at radius 1 is 0.762 bits per heavy atom. The van der Waals surface area contributed by atoms with Gasteiger partial charge in [-0.2, -0.15) is 0 Å². The van der Waals surface area contributed by atoms with Crippen molar-refractivity contribution in [1.82, 2.24) is 5.32 Å². The van der Waals surface area contributed by atoms with Gasteiger partial charge in [-0.05, 0) is 38.5 Å². The summed E-state index contributed by atoms with van der Waals surface area (Å²) in [5, 5.41) is 12.3. The molecule has 3 N–H and O–H groups in total. The second-order valence-corrected chi connectivity index (χ2v) is 12.2. The average molecular weight is 618 g/mol. The smallest absolute Gasteiger partial charge is 0.463 e. The zero-order chi connectivity index (χ0) is 31.2. The number of amides is 1. The van der Waals surface area contributed by atoms with Gasteiger partial charge in [-0.1, -0.05) is 109 Å². The van der Waals surface area contributed by atoms with E-state index in [-0.39, 0.29) is 32.1 Å². The summed E-state index contributed by atoms with van der Waals surface area (Å²) >= 11 is 0. The maximum Gasteiger partial charge on any atom is 0.472 e. The number of hydrogen-bond acceptors (Lipinski definition) is 7. The van der Waals surface area contributed by atoms with E-state index in [0.29, 0.717) is 6.42 Å². The number of unbranched alkanes of at least 4 members (excludes halogenated alkanes) is 14. The van der Waals surface area contributed by atoms with Crippen molar-refractivity contribution in [3.05, 3.63) is 24.3 Å². The molecule has 0 saturated heterocycles. The van der Waals surface area contributed by atoms with Crippen LogP contribution in [0, 0.1) is 0 Å². The van der Waals surface area contributed by atoms with Crippen LogP contribution in [0.15, 0.2) is 24.3 Å². The summed E-state index contributed by atoms with van der Waals surface area (Å²) in [5.41, 5.74) is 0.